The van der Waals surface area contributed by atoms with Crippen LogP contribution in [0.2, 0.25) is 0 Å². The normalized spacial score (nSPS) is 13.4. The average molecular weight is 311 g/mol. The van der Waals surface area contributed by atoms with Gasteiger partial charge < -0.3 is 10.1 Å². The Bertz CT molecular complexity index is 615. The molecule has 0 aliphatic heterocycles. The minimum atomic E-state index is 0.112. The molecule has 0 saturated heterocycles. The summed E-state index contributed by atoms with van der Waals surface area (Å²) in [6.45, 7) is 11.6. The Morgan fingerprint density at radius 1 is 1.00 bits per heavy atom. The van der Waals surface area contributed by atoms with E-state index >= 15 is 0 Å². The van der Waals surface area contributed by atoms with Gasteiger partial charge in [0, 0.05) is 5.69 Å². The molecule has 0 aliphatic rings. The quantitative estimate of drug-likeness (QED) is 0.708. The highest BCUT2D eigenvalue weighted by atomic mass is 16.5. The molecule has 2 nitrogen and oxygen atoms in total. The van der Waals surface area contributed by atoms with Gasteiger partial charge in [-0.05, 0) is 68.0 Å². The molecule has 0 heterocycles. The van der Waals surface area contributed by atoms with Crippen LogP contribution in [0, 0.1) is 13.8 Å². The molecule has 2 heteroatoms. The van der Waals surface area contributed by atoms with Gasteiger partial charge in [-0.3, -0.25) is 0 Å². The van der Waals surface area contributed by atoms with Crippen molar-refractivity contribution in [3.05, 3.63) is 59.2 Å². The van der Waals surface area contributed by atoms with Gasteiger partial charge in [-0.25, -0.2) is 0 Å². The molecule has 0 amide bonds. The van der Waals surface area contributed by atoms with Gasteiger partial charge >= 0.3 is 0 Å². The van der Waals surface area contributed by atoms with Gasteiger partial charge in [0.15, 0.2) is 0 Å². The third-order valence-electron chi connectivity index (χ3n) is 4.21. The van der Waals surface area contributed by atoms with Gasteiger partial charge in [0.25, 0.3) is 0 Å². The van der Waals surface area contributed by atoms with Crippen molar-refractivity contribution < 1.29 is 4.74 Å². The molecule has 0 aliphatic carbocycles. The number of benzene rings is 2. The van der Waals surface area contributed by atoms with Crippen molar-refractivity contribution in [1.82, 2.24) is 0 Å². The van der Waals surface area contributed by atoms with E-state index in [4.69, 9.17) is 4.74 Å². The summed E-state index contributed by atoms with van der Waals surface area (Å²) in [6.07, 6.45) is 1.23. The Morgan fingerprint density at radius 2 is 1.65 bits per heavy atom. The smallest absolute Gasteiger partial charge is 0.123 e. The van der Waals surface area contributed by atoms with E-state index in [1.165, 1.54) is 16.7 Å². The van der Waals surface area contributed by atoms with Crippen molar-refractivity contribution in [2.75, 3.05) is 11.9 Å². The lowest BCUT2D eigenvalue weighted by atomic mass is 9.98. The molecule has 0 saturated carbocycles. The van der Waals surface area contributed by atoms with Gasteiger partial charge in [-0.1, -0.05) is 38.1 Å². The first-order valence-corrected chi connectivity index (χ1v) is 8.57. The summed E-state index contributed by atoms with van der Waals surface area (Å²) in [6, 6.07) is 14.9. The largest absolute Gasteiger partial charge is 0.489 e. The van der Waals surface area contributed by atoms with Crippen LogP contribution in [0.4, 0.5) is 5.69 Å². The SMILES string of the molecule is CC[C@@H](C)c1ccccc1O[C@@H](C)CNc1cc(C)cc(C)c1. The second-order valence-electron chi connectivity index (χ2n) is 6.53. The van der Waals surface area contributed by atoms with Crippen LogP contribution in [0.25, 0.3) is 0 Å². The van der Waals surface area contributed by atoms with Crippen LogP contribution >= 0.6 is 0 Å². The zero-order chi connectivity index (χ0) is 16.8. The number of rotatable bonds is 7. The molecule has 0 aromatic heterocycles. The third kappa shape index (κ3) is 5.02. The highest BCUT2D eigenvalue weighted by Crippen LogP contribution is 2.29. The van der Waals surface area contributed by atoms with E-state index in [1.807, 2.05) is 6.07 Å². The number of hydrogen-bond donors (Lipinski definition) is 1. The lowest BCUT2D eigenvalue weighted by molar-refractivity contribution is 0.231. The monoisotopic (exact) mass is 311 g/mol. The second kappa shape index (κ2) is 8.05. The van der Waals surface area contributed by atoms with Crippen LogP contribution < -0.4 is 10.1 Å². The van der Waals surface area contributed by atoms with E-state index in [-0.39, 0.29) is 6.10 Å². The Hall–Kier alpha value is -1.96. The maximum Gasteiger partial charge on any atom is 0.123 e. The maximum absolute atomic E-state index is 6.19. The number of hydrogen-bond acceptors (Lipinski definition) is 2. The van der Waals surface area contributed by atoms with Gasteiger partial charge in [-0.2, -0.15) is 0 Å². The highest BCUT2D eigenvalue weighted by Gasteiger charge is 2.12. The van der Waals surface area contributed by atoms with Crippen molar-refractivity contribution in [1.29, 1.82) is 0 Å². The van der Waals surface area contributed by atoms with Gasteiger partial charge in [-0.15, -0.1) is 0 Å². The summed E-state index contributed by atoms with van der Waals surface area (Å²) in [7, 11) is 0. The molecule has 2 aromatic carbocycles. The first-order valence-electron chi connectivity index (χ1n) is 8.57. The fourth-order valence-electron chi connectivity index (χ4n) is 2.81. The maximum atomic E-state index is 6.19. The summed E-state index contributed by atoms with van der Waals surface area (Å²) >= 11 is 0. The third-order valence-corrected chi connectivity index (χ3v) is 4.21. The molecule has 0 unspecified atom stereocenters. The number of nitrogens with one attached hydrogen (secondary N) is 1. The van der Waals surface area contributed by atoms with Crippen LogP contribution in [0.15, 0.2) is 42.5 Å². The zero-order valence-electron chi connectivity index (χ0n) is 15.0. The van der Waals surface area contributed by atoms with E-state index in [2.05, 4.69) is 76.3 Å². The first-order chi connectivity index (χ1) is 11.0. The Balaban J connectivity index is 1.98. The number of aryl methyl sites for hydroxylation is 2. The van der Waals surface area contributed by atoms with E-state index < -0.39 is 0 Å². The molecule has 23 heavy (non-hydrogen) atoms. The molecular formula is C21H29NO. The number of ether oxygens (including phenoxy) is 1. The number of para-hydroxylation sites is 1. The van der Waals surface area contributed by atoms with Crippen LogP contribution in [-0.4, -0.2) is 12.6 Å². The molecule has 0 radical (unpaired) electrons. The lowest BCUT2D eigenvalue weighted by Crippen LogP contribution is -2.23. The molecule has 2 aromatic rings. The first kappa shape index (κ1) is 17.4. The topological polar surface area (TPSA) is 21.3 Å². The van der Waals surface area contributed by atoms with E-state index in [0.29, 0.717) is 5.92 Å². The fraction of sp³-hybridized carbons (Fsp3) is 0.429. The Kier molecular flexibility index (Phi) is 6.09. The predicted molar refractivity (Wildman–Crippen MR) is 99.6 cm³/mol. The highest BCUT2D eigenvalue weighted by molar-refractivity contribution is 5.48. The lowest BCUT2D eigenvalue weighted by Gasteiger charge is -2.21. The van der Waals surface area contributed by atoms with Crippen molar-refractivity contribution in [3.8, 4) is 5.75 Å². The van der Waals surface area contributed by atoms with Crippen LogP contribution in [0.1, 0.15) is 49.8 Å². The summed E-state index contributed by atoms with van der Waals surface area (Å²) < 4.78 is 6.19. The fourth-order valence-corrected chi connectivity index (χ4v) is 2.81. The van der Waals surface area contributed by atoms with E-state index in [9.17, 15) is 0 Å². The van der Waals surface area contributed by atoms with Crippen molar-refractivity contribution in [3.63, 3.8) is 0 Å². The average Bonchev–Trinajstić information content (AvgIpc) is 2.52. The Morgan fingerprint density at radius 3 is 2.30 bits per heavy atom. The van der Waals surface area contributed by atoms with E-state index in [1.54, 1.807) is 0 Å². The second-order valence-corrected chi connectivity index (χ2v) is 6.53. The van der Waals surface area contributed by atoms with Crippen LogP contribution in [0.3, 0.4) is 0 Å². The molecule has 0 spiro atoms. The van der Waals surface area contributed by atoms with Crippen LogP contribution in [-0.2, 0) is 0 Å². The van der Waals surface area contributed by atoms with Crippen molar-refractivity contribution >= 4 is 5.69 Å². The van der Waals surface area contributed by atoms with E-state index in [0.717, 1.165) is 24.4 Å². The summed E-state index contributed by atoms with van der Waals surface area (Å²) in [5, 5.41) is 3.48. The standard InChI is InChI=1S/C21H29NO/c1-6-17(4)20-9-7-8-10-21(20)23-18(5)14-22-19-12-15(2)11-16(3)13-19/h7-13,17-18,22H,6,14H2,1-5H3/t17-,18+/m1/s1. The zero-order valence-corrected chi connectivity index (χ0v) is 15.0. The molecule has 2 rings (SSSR count). The summed E-state index contributed by atoms with van der Waals surface area (Å²) in [4.78, 5) is 0. The van der Waals surface area contributed by atoms with Gasteiger partial charge in [0.05, 0.1) is 6.54 Å². The number of anilines is 1. The molecule has 0 fully saturated rings. The molecular weight excluding hydrogens is 282 g/mol. The van der Waals surface area contributed by atoms with Crippen molar-refractivity contribution in [2.45, 2.75) is 53.1 Å². The van der Waals surface area contributed by atoms with Crippen molar-refractivity contribution in [2.24, 2.45) is 0 Å². The predicted octanol–water partition coefficient (Wildman–Crippen LogP) is 5.70. The minimum Gasteiger partial charge on any atom is -0.489 e. The van der Waals surface area contributed by atoms with Gasteiger partial charge in [0.2, 0.25) is 0 Å². The molecule has 1 N–H and O–H groups in total. The molecule has 2 atom stereocenters. The summed E-state index contributed by atoms with van der Waals surface area (Å²) in [5.74, 6) is 1.53. The molecule has 0 bridgehead atoms. The van der Waals surface area contributed by atoms with Crippen LogP contribution in [0.5, 0.6) is 5.75 Å². The Labute approximate surface area is 140 Å². The van der Waals surface area contributed by atoms with Gasteiger partial charge in [0.1, 0.15) is 11.9 Å². The summed E-state index contributed by atoms with van der Waals surface area (Å²) in [5.41, 5.74) is 5.02. The molecule has 124 valence electrons. The minimum absolute atomic E-state index is 0.112.